The molecule has 0 heterocycles. The monoisotopic (exact) mass is 549 g/mol. The lowest BCUT2D eigenvalue weighted by Gasteiger charge is -2.35. The third-order valence-electron chi connectivity index (χ3n) is 6.47. The van der Waals surface area contributed by atoms with E-state index in [0.717, 1.165) is 61.6 Å². The van der Waals surface area contributed by atoms with Gasteiger partial charge in [-0.3, -0.25) is 9.59 Å². The highest BCUT2D eigenvalue weighted by Crippen LogP contribution is 2.26. The third kappa shape index (κ3) is 11.7. The van der Waals surface area contributed by atoms with Crippen LogP contribution in [-0.4, -0.2) is 52.8 Å². The molecule has 0 radical (unpaired) electrons. The predicted octanol–water partition coefficient (Wildman–Crippen LogP) is 6.27. The molecule has 3 amide bonds. The summed E-state index contributed by atoms with van der Waals surface area (Å²) in [5.74, 6) is -0.480. The average Bonchev–Trinajstić information content (AvgIpc) is 2.82. The van der Waals surface area contributed by atoms with Crippen molar-refractivity contribution in [3.63, 3.8) is 0 Å². The topological polar surface area (TPSA) is 87.7 Å². The minimum absolute atomic E-state index is 0.0244. The maximum absolute atomic E-state index is 14.0. The lowest BCUT2D eigenvalue weighted by Crippen LogP contribution is -2.54. The standard InChI is InChI=1S/C30H51N3O4S/c1-9-11-12-13-14-18-33(28(35)25(20-38)32-29(36)37-30(6,7)8)26(27(34)31-23(5)15-10-2)24-17-16-21(3)22(4)19-24/h16-17,19,23,25-26,38H,9-15,18,20H2,1-8H3,(H,31,34)(H,32,36). The lowest BCUT2D eigenvalue weighted by atomic mass is 9.97. The Hall–Kier alpha value is -2.22. The number of ether oxygens (including phenoxy) is 1. The number of thiol groups is 1. The number of rotatable bonds is 15. The summed E-state index contributed by atoms with van der Waals surface area (Å²) >= 11 is 4.38. The fourth-order valence-electron chi connectivity index (χ4n) is 4.32. The van der Waals surface area contributed by atoms with E-state index < -0.39 is 23.8 Å². The molecule has 0 fully saturated rings. The normalized spacial score (nSPS) is 13.8. The first-order chi connectivity index (χ1) is 17.8. The summed E-state index contributed by atoms with van der Waals surface area (Å²) in [7, 11) is 0. The van der Waals surface area contributed by atoms with Crippen molar-refractivity contribution in [2.24, 2.45) is 0 Å². The van der Waals surface area contributed by atoms with Crippen LogP contribution in [-0.2, 0) is 14.3 Å². The SMILES string of the molecule is CCCCCCCN(C(=O)C(CS)NC(=O)OC(C)(C)C)C(C(=O)NC(C)CCC)c1ccc(C)c(C)c1. The zero-order valence-corrected chi connectivity index (χ0v) is 25.7. The molecular weight excluding hydrogens is 498 g/mol. The van der Waals surface area contributed by atoms with Gasteiger partial charge in [0.05, 0.1) is 0 Å². The Morgan fingerprint density at radius 1 is 0.974 bits per heavy atom. The summed E-state index contributed by atoms with van der Waals surface area (Å²) in [6.07, 6.45) is 6.13. The average molecular weight is 550 g/mol. The molecular formula is C30H51N3O4S. The van der Waals surface area contributed by atoms with Gasteiger partial charge in [0.15, 0.2) is 0 Å². The van der Waals surface area contributed by atoms with Crippen molar-refractivity contribution in [1.82, 2.24) is 15.5 Å². The number of carbonyl (C=O) groups excluding carboxylic acids is 3. The van der Waals surface area contributed by atoms with Crippen LogP contribution in [0.3, 0.4) is 0 Å². The van der Waals surface area contributed by atoms with Gasteiger partial charge in [-0.15, -0.1) is 0 Å². The predicted molar refractivity (Wildman–Crippen MR) is 159 cm³/mol. The van der Waals surface area contributed by atoms with Crippen molar-refractivity contribution in [1.29, 1.82) is 0 Å². The van der Waals surface area contributed by atoms with E-state index in [9.17, 15) is 14.4 Å². The second kappa shape index (κ2) is 16.7. The molecule has 0 aliphatic carbocycles. The number of benzene rings is 1. The molecule has 7 nitrogen and oxygen atoms in total. The Bertz CT molecular complexity index is 900. The summed E-state index contributed by atoms with van der Waals surface area (Å²) in [5, 5.41) is 5.80. The number of carbonyl (C=O) groups is 3. The van der Waals surface area contributed by atoms with Crippen LogP contribution in [0.25, 0.3) is 0 Å². The molecule has 3 unspecified atom stereocenters. The second-order valence-electron chi connectivity index (χ2n) is 11.3. The van der Waals surface area contributed by atoms with Gasteiger partial charge in [0, 0.05) is 18.3 Å². The number of hydrogen-bond donors (Lipinski definition) is 3. The number of amides is 3. The minimum atomic E-state index is -0.932. The fourth-order valence-corrected chi connectivity index (χ4v) is 4.57. The Kier molecular flexibility index (Phi) is 14.8. The van der Waals surface area contributed by atoms with E-state index >= 15 is 0 Å². The molecule has 0 spiro atoms. The van der Waals surface area contributed by atoms with E-state index in [2.05, 4.69) is 37.1 Å². The molecule has 2 N–H and O–H groups in total. The third-order valence-corrected chi connectivity index (χ3v) is 6.84. The van der Waals surface area contributed by atoms with E-state index in [1.54, 1.807) is 25.7 Å². The molecule has 0 aliphatic rings. The summed E-state index contributed by atoms with van der Waals surface area (Å²) in [6.45, 7) is 16.0. The molecule has 1 aromatic rings. The highest BCUT2D eigenvalue weighted by Gasteiger charge is 2.36. The first-order valence-electron chi connectivity index (χ1n) is 14.1. The largest absolute Gasteiger partial charge is 0.444 e. The number of nitrogens with one attached hydrogen (secondary N) is 2. The van der Waals surface area contributed by atoms with Crippen molar-refractivity contribution < 1.29 is 19.1 Å². The summed E-state index contributed by atoms with van der Waals surface area (Å²) in [6, 6.07) is 4.11. The van der Waals surface area contributed by atoms with Gasteiger partial charge in [-0.1, -0.05) is 64.2 Å². The smallest absolute Gasteiger partial charge is 0.408 e. The van der Waals surface area contributed by atoms with Gasteiger partial charge in [0.2, 0.25) is 11.8 Å². The van der Waals surface area contributed by atoms with E-state index in [1.807, 2.05) is 39.0 Å². The van der Waals surface area contributed by atoms with E-state index in [1.165, 1.54) is 0 Å². The van der Waals surface area contributed by atoms with Gasteiger partial charge in [-0.2, -0.15) is 12.6 Å². The molecule has 38 heavy (non-hydrogen) atoms. The summed E-state index contributed by atoms with van der Waals surface area (Å²) < 4.78 is 5.39. The molecule has 1 rings (SSSR count). The zero-order chi connectivity index (χ0) is 28.9. The minimum Gasteiger partial charge on any atom is -0.444 e. The van der Waals surface area contributed by atoms with Crippen LogP contribution in [0.2, 0.25) is 0 Å². The van der Waals surface area contributed by atoms with Crippen molar-refractivity contribution in [3.05, 3.63) is 34.9 Å². The van der Waals surface area contributed by atoms with Gasteiger partial charge < -0.3 is 20.3 Å². The van der Waals surface area contributed by atoms with Crippen molar-refractivity contribution in [2.75, 3.05) is 12.3 Å². The molecule has 0 aliphatic heterocycles. The highest BCUT2D eigenvalue weighted by molar-refractivity contribution is 7.80. The van der Waals surface area contributed by atoms with Crippen molar-refractivity contribution in [3.8, 4) is 0 Å². The Morgan fingerprint density at radius 2 is 1.63 bits per heavy atom. The van der Waals surface area contributed by atoms with Crippen LogP contribution >= 0.6 is 12.6 Å². The van der Waals surface area contributed by atoms with Crippen LogP contribution in [0.4, 0.5) is 4.79 Å². The number of unbranched alkanes of at least 4 members (excludes halogenated alkanes) is 4. The first-order valence-corrected chi connectivity index (χ1v) is 14.8. The summed E-state index contributed by atoms with van der Waals surface area (Å²) in [5.41, 5.74) is 2.22. The van der Waals surface area contributed by atoms with Crippen LogP contribution in [0.1, 0.15) is 109 Å². The van der Waals surface area contributed by atoms with Gasteiger partial charge in [0.25, 0.3) is 0 Å². The molecule has 216 valence electrons. The lowest BCUT2D eigenvalue weighted by molar-refractivity contribution is -0.142. The molecule has 0 aromatic heterocycles. The van der Waals surface area contributed by atoms with Gasteiger partial charge in [-0.05, 0) is 71.1 Å². The van der Waals surface area contributed by atoms with E-state index in [4.69, 9.17) is 4.74 Å². The van der Waals surface area contributed by atoms with Crippen LogP contribution in [0.15, 0.2) is 18.2 Å². The van der Waals surface area contributed by atoms with E-state index in [0.29, 0.717) is 6.54 Å². The molecule has 0 bridgehead atoms. The first kappa shape index (κ1) is 33.8. The molecule has 8 heteroatoms. The maximum atomic E-state index is 14.0. The Morgan fingerprint density at radius 3 is 2.18 bits per heavy atom. The van der Waals surface area contributed by atoms with Gasteiger partial charge >= 0.3 is 6.09 Å². The zero-order valence-electron chi connectivity index (χ0n) is 24.9. The maximum Gasteiger partial charge on any atom is 0.408 e. The molecule has 3 atom stereocenters. The second-order valence-corrected chi connectivity index (χ2v) is 11.6. The quantitative estimate of drug-likeness (QED) is 0.178. The number of alkyl carbamates (subject to hydrolysis) is 1. The number of nitrogens with zero attached hydrogens (tertiary/aromatic N) is 1. The Labute approximate surface area is 236 Å². The molecule has 1 aromatic carbocycles. The van der Waals surface area contributed by atoms with Crippen LogP contribution in [0.5, 0.6) is 0 Å². The number of aryl methyl sites for hydroxylation is 2. The van der Waals surface area contributed by atoms with E-state index in [-0.39, 0.29) is 23.6 Å². The highest BCUT2D eigenvalue weighted by atomic mass is 32.1. The molecule has 0 saturated carbocycles. The summed E-state index contributed by atoms with van der Waals surface area (Å²) in [4.78, 5) is 42.0. The molecule has 0 saturated heterocycles. The number of hydrogen-bond acceptors (Lipinski definition) is 5. The van der Waals surface area contributed by atoms with Crippen LogP contribution in [0, 0.1) is 13.8 Å². The van der Waals surface area contributed by atoms with Crippen molar-refractivity contribution in [2.45, 2.75) is 124 Å². The Balaban J connectivity index is 3.43. The fraction of sp³-hybridized carbons (Fsp3) is 0.700. The van der Waals surface area contributed by atoms with Crippen molar-refractivity contribution >= 4 is 30.5 Å². The van der Waals surface area contributed by atoms with Crippen LogP contribution < -0.4 is 10.6 Å². The van der Waals surface area contributed by atoms with Gasteiger partial charge in [0.1, 0.15) is 17.7 Å². The van der Waals surface area contributed by atoms with Gasteiger partial charge in [-0.25, -0.2) is 4.79 Å².